The van der Waals surface area contributed by atoms with Crippen molar-refractivity contribution < 1.29 is 10.2 Å². The van der Waals surface area contributed by atoms with E-state index >= 15 is 0 Å². The second kappa shape index (κ2) is 5.69. The molecule has 0 aromatic heterocycles. The maximum absolute atomic E-state index is 10.5. The summed E-state index contributed by atoms with van der Waals surface area (Å²) < 4.78 is 0. The average Bonchev–Trinajstić information content (AvgIpc) is 2.38. The van der Waals surface area contributed by atoms with Crippen LogP contribution in [0.5, 0.6) is 11.5 Å². The summed E-state index contributed by atoms with van der Waals surface area (Å²) in [6.07, 6.45) is 0. The highest BCUT2D eigenvalue weighted by Gasteiger charge is 2.32. The molecule has 2 N–H and O–H groups in total. The van der Waals surface area contributed by atoms with Gasteiger partial charge in [-0.3, -0.25) is 0 Å². The minimum atomic E-state index is -0.212. The largest absolute Gasteiger partial charge is 0.507 e. The number of hydrogen-bond acceptors (Lipinski definition) is 2. The van der Waals surface area contributed by atoms with E-state index in [2.05, 4.69) is 23.1 Å². The van der Waals surface area contributed by atoms with Crippen molar-refractivity contribution in [2.45, 2.75) is 38.8 Å². The van der Waals surface area contributed by atoms with Gasteiger partial charge >= 0.3 is 0 Å². The van der Waals surface area contributed by atoms with Gasteiger partial charge in [0.05, 0.1) is 0 Å². The molecule has 2 aromatic rings. The van der Waals surface area contributed by atoms with Crippen LogP contribution < -0.4 is 0 Å². The van der Waals surface area contributed by atoms with Gasteiger partial charge in [0, 0.05) is 17.0 Å². The Morgan fingerprint density at radius 1 is 0.857 bits per heavy atom. The minimum absolute atomic E-state index is 0.109. The van der Waals surface area contributed by atoms with Crippen LogP contribution in [0.25, 0.3) is 0 Å². The maximum atomic E-state index is 10.5. The van der Waals surface area contributed by atoms with Crippen molar-refractivity contribution in [3.05, 3.63) is 58.7 Å². The lowest BCUT2D eigenvalue weighted by Gasteiger charge is -2.33. The van der Waals surface area contributed by atoms with Crippen LogP contribution in [0.2, 0.25) is 0 Å². The van der Waals surface area contributed by atoms with Gasteiger partial charge in [0.25, 0.3) is 0 Å². The van der Waals surface area contributed by atoms with Crippen LogP contribution in [0.1, 0.15) is 42.0 Å². The summed E-state index contributed by atoms with van der Waals surface area (Å²) in [6.45, 7) is 7.96. The van der Waals surface area contributed by atoms with Gasteiger partial charge in [-0.1, -0.05) is 50.2 Å². The molecule has 0 spiro atoms. The summed E-state index contributed by atoms with van der Waals surface area (Å²) in [7, 11) is 2.83. The van der Waals surface area contributed by atoms with Crippen molar-refractivity contribution in [1.29, 1.82) is 0 Å². The number of aryl methyl sites for hydroxylation is 2. The van der Waals surface area contributed by atoms with Crippen molar-refractivity contribution in [2.75, 3.05) is 0 Å². The van der Waals surface area contributed by atoms with Crippen LogP contribution in [0.3, 0.4) is 0 Å². The quantitative estimate of drug-likeness (QED) is 0.820. The van der Waals surface area contributed by atoms with E-state index < -0.39 is 0 Å². The summed E-state index contributed by atoms with van der Waals surface area (Å²) in [5.74, 6) is 0.500. The van der Waals surface area contributed by atoms with Crippen molar-refractivity contribution in [2.24, 2.45) is 0 Å². The van der Waals surface area contributed by atoms with Gasteiger partial charge in [0.1, 0.15) is 11.5 Å². The van der Waals surface area contributed by atoms with Gasteiger partial charge in [-0.05, 0) is 30.1 Å². The number of phenolic OH excluding ortho intramolecular Hbond substituents is 2. The highest BCUT2D eigenvalue weighted by atomic mass is 31.0. The molecular formula is C18H23O2P. The molecule has 0 saturated carbocycles. The number of benzene rings is 2. The molecule has 2 aromatic carbocycles. The van der Waals surface area contributed by atoms with Crippen molar-refractivity contribution in [1.82, 2.24) is 0 Å². The highest BCUT2D eigenvalue weighted by molar-refractivity contribution is 7.19. The Morgan fingerprint density at radius 3 is 1.57 bits per heavy atom. The molecule has 3 heteroatoms. The van der Waals surface area contributed by atoms with Crippen molar-refractivity contribution >= 4 is 9.24 Å². The second-order valence-corrected chi connectivity index (χ2v) is 7.77. The molecule has 0 bridgehead atoms. The molecule has 0 amide bonds. The van der Waals surface area contributed by atoms with Gasteiger partial charge in [-0.15, -0.1) is 9.24 Å². The molecule has 0 fully saturated rings. The number of phenols is 2. The first-order valence-corrected chi connectivity index (χ1v) is 7.67. The summed E-state index contributed by atoms with van der Waals surface area (Å²) in [5, 5.41) is 20.7. The zero-order valence-electron chi connectivity index (χ0n) is 13.0. The average molecular weight is 302 g/mol. The fourth-order valence-corrected chi connectivity index (χ4v) is 3.16. The molecule has 0 saturated heterocycles. The lowest BCUT2D eigenvalue weighted by Crippen LogP contribution is -2.23. The van der Waals surface area contributed by atoms with Gasteiger partial charge in [0.2, 0.25) is 0 Å². The van der Waals surface area contributed by atoms with E-state index in [1.54, 1.807) is 0 Å². The van der Waals surface area contributed by atoms with E-state index in [4.69, 9.17) is 0 Å². The molecule has 21 heavy (non-hydrogen) atoms. The first-order valence-electron chi connectivity index (χ1n) is 7.09. The normalized spacial score (nSPS) is 11.9. The lowest BCUT2D eigenvalue weighted by molar-refractivity contribution is 0.439. The monoisotopic (exact) mass is 302 g/mol. The number of aromatic hydroxyl groups is 2. The Morgan fingerprint density at radius 2 is 1.24 bits per heavy atom. The fraction of sp³-hybridized carbons (Fsp3) is 0.333. The molecule has 2 rings (SSSR count). The molecule has 0 heterocycles. The SMILES string of the molecule is Cc1cccc(C(c2cccc(C)c2O)C(C)(C)P)c1O. The highest BCUT2D eigenvalue weighted by Crippen LogP contribution is 2.47. The molecular weight excluding hydrogens is 279 g/mol. The van der Waals surface area contributed by atoms with Crippen LogP contribution in [-0.4, -0.2) is 15.4 Å². The minimum Gasteiger partial charge on any atom is -0.507 e. The zero-order chi connectivity index (χ0) is 15.8. The van der Waals surface area contributed by atoms with Crippen LogP contribution in [0.4, 0.5) is 0 Å². The van der Waals surface area contributed by atoms with Crippen LogP contribution >= 0.6 is 9.24 Å². The first-order chi connectivity index (χ1) is 9.73. The molecule has 0 aliphatic rings. The lowest BCUT2D eigenvalue weighted by atomic mass is 9.80. The summed E-state index contributed by atoms with van der Waals surface area (Å²) in [6, 6.07) is 11.5. The topological polar surface area (TPSA) is 40.5 Å². The predicted molar refractivity (Wildman–Crippen MR) is 91.3 cm³/mol. The third-order valence-electron chi connectivity index (χ3n) is 3.90. The third kappa shape index (κ3) is 3.06. The zero-order valence-corrected chi connectivity index (χ0v) is 14.2. The van der Waals surface area contributed by atoms with E-state index in [1.807, 2.05) is 50.2 Å². The van der Waals surface area contributed by atoms with E-state index in [1.165, 1.54) is 0 Å². The standard InChI is InChI=1S/C18H23O2P/c1-11-7-5-9-13(16(11)19)15(18(3,4)21)14-10-6-8-12(2)17(14)20/h5-10,15,19-20H,21H2,1-4H3. The smallest absolute Gasteiger partial charge is 0.122 e. The van der Waals surface area contributed by atoms with E-state index in [-0.39, 0.29) is 11.1 Å². The molecule has 0 radical (unpaired) electrons. The number of para-hydroxylation sites is 2. The second-order valence-electron chi connectivity index (χ2n) is 6.28. The van der Waals surface area contributed by atoms with Gasteiger partial charge in [-0.25, -0.2) is 0 Å². The Labute approximate surface area is 129 Å². The Bertz CT molecular complexity index is 605. The van der Waals surface area contributed by atoms with E-state index in [9.17, 15) is 10.2 Å². The van der Waals surface area contributed by atoms with Crippen LogP contribution in [-0.2, 0) is 0 Å². The van der Waals surface area contributed by atoms with E-state index in [0.717, 1.165) is 22.3 Å². The predicted octanol–water partition coefficient (Wildman–Crippen LogP) is 4.50. The molecule has 1 atom stereocenters. The van der Waals surface area contributed by atoms with Gasteiger partial charge in [0.15, 0.2) is 0 Å². The number of hydrogen-bond donors (Lipinski definition) is 2. The van der Waals surface area contributed by atoms with Crippen LogP contribution in [0.15, 0.2) is 36.4 Å². The number of rotatable bonds is 3. The maximum Gasteiger partial charge on any atom is 0.122 e. The first kappa shape index (κ1) is 15.9. The van der Waals surface area contributed by atoms with Gasteiger partial charge < -0.3 is 10.2 Å². The molecule has 0 aliphatic heterocycles. The fourth-order valence-electron chi connectivity index (χ4n) is 2.80. The third-order valence-corrected chi connectivity index (χ3v) is 4.24. The van der Waals surface area contributed by atoms with Crippen molar-refractivity contribution in [3.63, 3.8) is 0 Å². The molecule has 112 valence electrons. The molecule has 1 unspecified atom stereocenters. The van der Waals surface area contributed by atoms with Crippen molar-refractivity contribution in [3.8, 4) is 11.5 Å². The molecule has 0 aliphatic carbocycles. The Balaban J connectivity index is 2.71. The summed E-state index contributed by atoms with van der Waals surface area (Å²) in [4.78, 5) is 0. The van der Waals surface area contributed by atoms with E-state index in [0.29, 0.717) is 11.5 Å². The van der Waals surface area contributed by atoms with Gasteiger partial charge in [-0.2, -0.15) is 0 Å². The van der Waals surface area contributed by atoms with Crippen LogP contribution in [0, 0.1) is 13.8 Å². The Hall–Kier alpha value is -1.53. The Kier molecular flexibility index (Phi) is 4.30. The summed E-state index contributed by atoms with van der Waals surface area (Å²) in [5.41, 5.74) is 3.38. The molecule has 2 nitrogen and oxygen atoms in total. The summed E-state index contributed by atoms with van der Waals surface area (Å²) >= 11 is 0.